The van der Waals surface area contributed by atoms with Crippen molar-refractivity contribution in [1.29, 1.82) is 0 Å². The molecule has 2 N–H and O–H groups in total. The van der Waals surface area contributed by atoms with Gasteiger partial charge in [-0.3, -0.25) is 9.78 Å². The SMILES string of the molecule is CC(=O)Nc1cc(-c2nc(C)c(C)c(C)c2C)c(C)cc1O. The third-order valence-electron chi connectivity index (χ3n) is 4.21. The van der Waals surface area contributed by atoms with Gasteiger partial charge in [-0.15, -0.1) is 0 Å². The minimum atomic E-state index is -0.217. The van der Waals surface area contributed by atoms with E-state index in [2.05, 4.69) is 26.1 Å². The van der Waals surface area contributed by atoms with Gasteiger partial charge in [0.15, 0.2) is 0 Å². The highest BCUT2D eigenvalue weighted by molar-refractivity contribution is 5.92. The van der Waals surface area contributed by atoms with E-state index in [-0.39, 0.29) is 11.7 Å². The molecule has 0 saturated carbocycles. The predicted octanol–water partition coefficient (Wildman–Crippen LogP) is 3.95. The molecule has 4 nitrogen and oxygen atoms in total. The third-order valence-corrected chi connectivity index (χ3v) is 4.21. The van der Waals surface area contributed by atoms with E-state index in [0.29, 0.717) is 5.69 Å². The average molecular weight is 298 g/mol. The van der Waals surface area contributed by atoms with Gasteiger partial charge in [-0.05, 0) is 69.0 Å². The molecule has 4 heteroatoms. The van der Waals surface area contributed by atoms with E-state index < -0.39 is 0 Å². The Labute approximate surface area is 131 Å². The van der Waals surface area contributed by atoms with E-state index in [1.807, 2.05) is 13.8 Å². The third kappa shape index (κ3) is 2.82. The Hall–Kier alpha value is -2.36. The molecule has 2 aromatic rings. The summed E-state index contributed by atoms with van der Waals surface area (Å²) in [6, 6.07) is 3.45. The number of amides is 1. The lowest BCUT2D eigenvalue weighted by molar-refractivity contribution is -0.114. The van der Waals surface area contributed by atoms with Crippen LogP contribution in [-0.4, -0.2) is 16.0 Å². The summed E-state index contributed by atoms with van der Waals surface area (Å²) in [6.07, 6.45) is 0. The van der Waals surface area contributed by atoms with E-state index in [0.717, 1.165) is 28.1 Å². The maximum absolute atomic E-state index is 11.3. The number of nitrogens with one attached hydrogen (secondary N) is 1. The fourth-order valence-electron chi connectivity index (χ4n) is 2.57. The highest BCUT2D eigenvalue weighted by Crippen LogP contribution is 2.35. The molecule has 1 aromatic heterocycles. The molecule has 1 amide bonds. The van der Waals surface area contributed by atoms with Gasteiger partial charge in [-0.1, -0.05) is 0 Å². The number of aryl methyl sites for hydroxylation is 2. The van der Waals surface area contributed by atoms with Crippen molar-refractivity contribution in [2.24, 2.45) is 0 Å². The number of phenols is 1. The first-order chi connectivity index (χ1) is 10.2. The Morgan fingerprint density at radius 2 is 1.68 bits per heavy atom. The van der Waals surface area contributed by atoms with E-state index in [1.54, 1.807) is 12.1 Å². The van der Waals surface area contributed by atoms with Gasteiger partial charge in [-0.2, -0.15) is 0 Å². The summed E-state index contributed by atoms with van der Waals surface area (Å²) in [6.45, 7) is 11.6. The topological polar surface area (TPSA) is 62.2 Å². The van der Waals surface area contributed by atoms with Crippen LogP contribution in [0.4, 0.5) is 5.69 Å². The van der Waals surface area contributed by atoms with Crippen LogP contribution in [0.3, 0.4) is 0 Å². The number of benzene rings is 1. The number of aromatic nitrogens is 1. The summed E-state index contributed by atoms with van der Waals surface area (Å²) in [4.78, 5) is 16.0. The summed E-state index contributed by atoms with van der Waals surface area (Å²) < 4.78 is 0. The molecule has 0 radical (unpaired) electrons. The lowest BCUT2D eigenvalue weighted by atomic mass is 9.95. The molecular formula is C18H22N2O2. The van der Waals surface area contributed by atoms with Gasteiger partial charge in [0.05, 0.1) is 11.4 Å². The first-order valence-electron chi connectivity index (χ1n) is 7.28. The van der Waals surface area contributed by atoms with E-state index >= 15 is 0 Å². The van der Waals surface area contributed by atoms with Gasteiger partial charge in [-0.25, -0.2) is 0 Å². The monoisotopic (exact) mass is 298 g/mol. The lowest BCUT2D eigenvalue weighted by Crippen LogP contribution is -2.07. The molecule has 0 atom stereocenters. The van der Waals surface area contributed by atoms with Crippen molar-refractivity contribution >= 4 is 11.6 Å². The van der Waals surface area contributed by atoms with Crippen LogP contribution in [-0.2, 0) is 4.79 Å². The Bertz CT molecular complexity index is 764. The van der Waals surface area contributed by atoms with Crippen molar-refractivity contribution in [3.8, 4) is 17.0 Å². The zero-order valence-electron chi connectivity index (χ0n) is 14.0. The first kappa shape index (κ1) is 16.0. The number of anilines is 1. The Morgan fingerprint density at radius 1 is 1.05 bits per heavy atom. The summed E-state index contributed by atoms with van der Waals surface area (Å²) in [5, 5.41) is 12.7. The summed E-state index contributed by atoms with van der Waals surface area (Å²) in [5.41, 5.74) is 7.66. The van der Waals surface area contributed by atoms with Gasteiger partial charge >= 0.3 is 0 Å². The maximum atomic E-state index is 11.3. The Kier molecular flexibility index (Phi) is 4.22. The van der Waals surface area contributed by atoms with E-state index in [1.165, 1.54) is 18.1 Å². The van der Waals surface area contributed by atoms with Gasteiger partial charge in [0.25, 0.3) is 0 Å². The number of phenolic OH excluding ortho intramolecular Hbond substituents is 1. The van der Waals surface area contributed by atoms with Crippen LogP contribution >= 0.6 is 0 Å². The van der Waals surface area contributed by atoms with Crippen LogP contribution < -0.4 is 5.32 Å². The Morgan fingerprint density at radius 3 is 2.27 bits per heavy atom. The summed E-state index contributed by atoms with van der Waals surface area (Å²) in [5.74, 6) is -0.152. The van der Waals surface area contributed by atoms with Crippen molar-refractivity contribution in [3.63, 3.8) is 0 Å². The standard InChI is InChI=1S/C18H22N2O2/c1-9-7-17(22)16(20-14(6)21)8-15(9)18-12(4)10(2)11(3)13(5)19-18/h7-8,22H,1-6H3,(H,20,21). The van der Waals surface area contributed by atoms with Crippen molar-refractivity contribution < 1.29 is 9.90 Å². The van der Waals surface area contributed by atoms with Crippen LogP contribution in [0.1, 0.15) is 34.9 Å². The molecule has 0 fully saturated rings. The molecule has 22 heavy (non-hydrogen) atoms. The van der Waals surface area contributed by atoms with Crippen LogP contribution in [0.25, 0.3) is 11.3 Å². The molecule has 0 saturated heterocycles. The average Bonchev–Trinajstić information content (AvgIpc) is 2.43. The van der Waals surface area contributed by atoms with Crippen molar-refractivity contribution in [2.45, 2.75) is 41.5 Å². The smallest absolute Gasteiger partial charge is 0.221 e. The minimum Gasteiger partial charge on any atom is -0.506 e. The second-order valence-electron chi connectivity index (χ2n) is 5.79. The van der Waals surface area contributed by atoms with Crippen molar-refractivity contribution in [1.82, 2.24) is 4.98 Å². The van der Waals surface area contributed by atoms with Crippen molar-refractivity contribution in [3.05, 3.63) is 40.1 Å². The summed E-state index contributed by atoms with van der Waals surface area (Å²) in [7, 11) is 0. The molecule has 0 bridgehead atoms. The number of aromatic hydroxyl groups is 1. The minimum absolute atomic E-state index is 0.0645. The number of carbonyl (C=O) groups is 1. The van der Waals surface area contributed by atoms with Gasteiger partial charge in [0.1, 0.15) is 5.75 Å². The fraction of sp³-hybridized carbons (Fsp3) is 0.333. The molecule has 0 aliphatic heterocycles. The van der Waals surface area contributed by atoms with E-state index in [9.17, 15) is 9.90 Å². The quantitative estimate of drug-likeness (QED) is 0.825. The molecular weight excluding hydrogens is 276 g/mol. The second kappa shape index (κ2) is 5.79. The molecule has 1 heterocycles. The zero-order chi connectivity index (χ0) is 16.6. The number of rotatable bonds is 2. The fourth-order valence-corrected chi connectivity index (χ4v) is 2.57. The molecule has 0 aliphatic carbocycles. The van der Waals surface area contributed by atoms with Crippen LogP contribution in [0.5, 0.6) is 5.75 Å². The highest BCUT2D eigenvalue weighted by Gasteiger charge is 2.15. The van der Waals surface area contributed by atoms with Crippen LogP contribution in [0.2, 0.25) is 0 Å². The zero-order valence-corrected chi connectivity index (χ0v) is 14.0. The molecule has 1 aromatic carbocycles. The number of pyridine rings is 1. The number of carbonyl (C=O) groups excluding carboxylic acids is 1. The largest absolute Gasteiger partial charge is 0.506 e. The maximum Gasteiger partial charge on any atom is 0.221 e. The van der Waals surface area contributed by atoms with E-state index in [4.69, 9.17) is 4.98 Å². The predicted molar refractivity (Wildman–Crippen MR) is 89.3 cm³/mol. The first-order valence-corrected chi connectivity index (χ1v) is 7.28. The van der Waals surface area contributed by atoms with Gasteiger partial charge in [0.2, 0.25) is 5.91 Å². The second-order valence-corrected chi connectivity index (χ2v) is 5.79. The number of hydrogen-bond donors (Lipinski definition) is 2. The summed E-state index contributed by atoms with van der Waals surface area (Å²) >= 11 is 0. The van der Waals surface area contributed by atoms with Gasteiger partial charge < -0.3 is 10.4 Å². The molecule has 0 aliphatic rings. The van der Waals surface area contributed by atoms with Crippen LogP contribution in [0, 0.1) is 34.6 Å². The molecule has 0 unspecified atom stereocenters. The highest BCUT2D eigenvalue weighted by atomic mass is 16.3. The van der Waals surface area contributed by atoms with Crippen molar-refractivity contribution in [2.75, 3.05) is 5.32 Å². The number of hydrogen-bond acceptors (Lipinski definition) is 3. The van der Waals surface area contributed by atoms with Gasteiger partial charge in [0, 0.05) is 18.2 Å². The van der Waals surface area contributed by atoms with Crippen LogP contribution in [0.15, 0.2) is 12.1 Å². The lowest BCUT2D eigenvalue weighted by Gasteiger charge is -2.16. The normalized spacial score (nSPS) is 10.6. The number of nitrogens with zero attached hydrogens (tertiary/aromatic N) is 1. The Balaban J connectivity index is 2.70. The molecule has 2 rings (SSSR count). The molecule has 116 valence electrons. The molecule has 0 spiro atoms.